The van der Waals surface area contributed by atoms with Crippen LogP contribution in [0.1, 0.15) is 28.5 Å². The highest BCUT2D eigenvalue weighted by atomic mass is 16.5. The van der Waals surface area contributed by atoms with Crippen molar-refractivity contribution in [2.24, 2.45) is 0 Å². The van der Waals surface area contributed by atoms with Crippen LogP contribution in [-0.4, -0.2) is 28.5 Å². The van der Waals surface area contributed by atoms with E-state index in [4.69, 9.17) is 4.74 Å². The predicted molar refractivity (Wildman–Crippen MR) is 82.1 cm³/mol. The van der Waals surface area contributed by atoms with Crippen molar-refractivity contribution in [2.45, 2.75) is 20.8 Å². The number of rotatable bonds is 5. The van der Waals surface area contributed by atoms with Crippen molar-refractivity contribution in [3.63, 3.8) is 0 Å². The zero-order valence-electron chi connectivity index (χ0n) is 12.7. The normalized spacial score (nSPS) is 10.1. The minimum Gasteiger partial charge on any atom is -0.466 e. The van der Waals surface area contributed by atoms with Gasteiger partial charge in [-0.1, -0.05) is 12.1 Å². The average Bonchev–Trinajstić information content (AvgIpc) is 2.49. The van der Waals surface area contributed by atoms with E-state index in [1.165, 1.54) is 6.92 Å². The number of hydrogen-bond acceptors (Lipinski definition) is 5. The number of anilines is 1. The third kappa shape index (κ3) is 3.88. The number of carbonyl (C=O) groups excluding carboxylic acids is 2. The highest BCUT2D eigenvalue weighted by Crippen LogP contribution is 2.15. The molecule has 0 radical (unpaired) electrons. The molecule has 114 valence electrons. The highest BCUT2D eigenvalue weighted by molar-refractivity contribution is 6.03. The van der Waals surface area contributed by atoms with Gasteiger partial charge < -0.3 is 10.1 Å². The maximum Gasteiger partial charge on any atom is 0.262 e. The number of ketones is 1. The molecule has 1 heterocycles. The Labute approximate surface area is 128 Å². The quantitative estimate of drug-likeness (QED) is 0.857. The van der Waals surface area contributed by atoms with E-state index in [0.29, 0.717) is 11.3 Å². The van der Waals surface area contributed by atoms with Crippen LogP contribution < -0.4 is 10.1 Å². The SMILES string of the molecule is CC(=O)c1ccccc1NC(=O)COc1cc(C)c(C)nn1. The van der Waals surface area contributed by atoms with Crippen LogP contribution in [0.5, 0.6) is 5.88 Å². The molecule has 0 fully saturated rings. The van der Waals surface area contributed by atoms with Gasteiger partial charge in [0.05, 0.1) is 11.4 Å². The average molecular weight is 299 g/mol. The fraction of sp³-hybridized carbons (Fsp3) is 0.250. The molecule has 22 heavy (non-hydrogen) atoms. The van der Waals surface area contributed by atoms with Crippen molar-refractivity contribution >= 4 is 17.4 Å². The third-order valence-corrected chi connectivity index (χ3v) is 3.14. The third-order valence-electron chi connectivity index (χ3n) is 3.14. The van der Waals surface area contributed by atoms with Crippen molar-refractivity contribution in [2.75, 3.05) is 11.9 Å². The van der Waals surface area contributed by atoms with Gasteiger partial charge in [0.25, 0.3) is 5.91 Å². The van der Waals surface area contributed by atoms with Crippen LogP contribution in [0.3, 0.4) is 0 Å². The second-order valence-electron chi connectivity index (χ2n) is 4.89. The Balaban J connectivity index is 1.99. The van der Waals surface area contributed by atoms with Crippen LogP contribution in [0, 0.1) is 13.8 Å². The minimum atomic E-state index is -0.367. The predicted octanol–water partition coefficient (Wildman–Crippen LogP) is 2.31. The molecule has 0 aliphatic heterocycles. The van der Waals surface area contributed by atoms with Crippen LogP contribution in [-0.2, 0) is 4.79 Å². The number of para-hydroxylation sites is 1. The van der Waals surface area contributed by atoms with Gasteiger partial charge in [0, 0.05) is 11.6 Å². The summed E-state index contributed by atoms with van der Waals surface area (Å²) in [5.74, 6) is -0.191. The van der Waals surface area contributed by atoms with Gasteiger partial charge in [-0.3, -0.25) is 9.59 Å². The number of aryl methyl sites for hydroxylation is 2. The van der Waals surface area contributed by atoms with E-state index < -0.39 is 0 Å². The first-order valence-corrected chi connectivity index (χ1v) is 6.81. The van der Waals surface area contributed by atoms with Crippen molar-refractivity contribution in [3.05, 3.63) is 47.2 Å². The van der Waals surface area contributed by atoms with Gasteiger partial charge in [-0.05, 0) is 38.5 Å². The lowest BCUT2D eigenvalue weighted by Crippen LogP contribution is -2.21. The van der Waals surface area contributed by atoms with E-state index in [0.717, 1.165) is 11.3 Å². The lowest BCUT2D eigenvalue weighted by atomic mass is 10.1. The van der Waals surface area contributed by atoms with Gasteiger partial charge in [-0.25, -0.2) is 0 Å². The Kier molecular flexibility index (Phi) is 4.83. The molecule has 0 bridgehead atoms. The number of nitrogens with zero attached hydrogens (tertiary/aromatic N) is 2. The molecule has 6 heteroatoms. The molecule has 0 saturated heterocycles. The van der Waals surface area contributed by atoms with E-state index >= 15 is 0 Å². The Morgan fingerprint density at radius 1 is 1.18 bits per heavy atom. The molecule has 0 aliphatic carbocycles. The lowest BCUT2D eigenvalue weighted by molar-refractivity contribution is -0.118. The van der Waals surface area contributed by atoms with Crippen molar-refractivity contribution in [3.8, 4) is 5.88 Å². The molecule has 1 N–H and O–H groups in total. The second-order valence-corrected chi connectivity index (χ2v) is 4.89. The number of amides is 1. The standard InChI is InChI=1S/C16H17N3O3/c1-10-8-16(19-18-11(10)2)22-9-15(21)17-14-7-5-4-6-13(14)12(3)20/h4-8H,9H2,1-3H3,(H,17,21). The molecule has 2 aromatic rings. The molecule has 2 rings (SSSR count). The van der Waals surface area contributed by atoms with Crippen LogP contribution in [0.2, 0.25) is 0 Å². The van der Waals surface area contributed by atoms with Crippen molar-refractivity contribution in [1.82, 2.24) is 10.2 Å². The fourth-order valence-corrected chi connectivity index (χ4v) is 1.82. The van der Waals surface area contributed by atoms with Crippen molar-refractivity contribution < 1.29 is 14.3 Å². The molecule has 6 nitrogen and oxygen atoms in total. The lowest BCUT2D eigenvalue weighted by Gasteiger charge is -2.10. The van der Waals surface area contributed by atoms with E-state index in [-0.39, 0.29) is 24.2 Å². The van der Waals surface area contributed by atoms with Crippen LogP contribution >= 0.6 is 0 Å². The molecule has 0 aliphatic rings. The first kappa shape index (κ1) is 15.6. The molecule has 0 atom stereocenters. The summed E-state index contributed by atoms with van der Waals surface area (Å²) in [4.78, 5) is 23.4. The fourth-order valence-electron chi connectivity index (χ4n) is 1.82. The number of ether oxygens (including phenoxy) is 1. The number of nitrogens with one attached hydrogen (secondary N) is 1. The van der Waals surface area contributed by atoms with Gasteiger partial charge in [0.2, 0.25) is 5.88 Å². The van der Waals surface area contributed by atoms with Gasteiger partial charge in [0.15, 0.2) is 12.4 Å². The van der Waals surface area contributed by atoms with Gasteiger partial charge in [0.1, 0.15) is 0 Å². The van der Waals surface area contributed by atoms with E-state index in [1.807, 2.05) is 13.8 Å². The largest absolute Gasteiger partial charge is 0.466 e. The minimum absolute atomic E-state index is 0.114. The summed E-state index contributed by atoms with van der Waals surface area (Å²) in [5, 5.41) is 10.4. The molecule has 0 spiro atoms. The van der Waals surface area contributed by atoms with Crippen LogP contribution in [0.4, 0.5) is 5.69 Å². The smallest absolute Gasteiger partial charge is 0.262 e. The molecule has 1 aromatic heterocycles. The van der Waals surface area contributed by atoms with Gasteiger partial charge in [-0.15, -0.1) is 5.10 Å². The zero-order valence-corrected chi connectivity index (χ0v) is 12.7. The number of aromatic nitrogens is 2. The van der Waals surface area contributed by atoms with Crippen LogP contribution in [0.15, 0.2) is 30.3 Å². The summed E-state index contributed by atoms with van der Waals surface area (Å²) in [6.45, 7) is 4.98. The Morgan fingerprint density at radius 3 is 2.59 bits per heavy atom. The summed E-state index contributed by atoms with van der Waals surface area (Å²) in [6.07, 6.45) is 0. The summed E-state index contributed by atoms with van der Waals surface area (Å²) >= 11 is 0. The molecule has 0 saturated carbocycles. The number of benzene rings is 1. The monoisotopic (exact) mass is 299 g/mol. The molecular formula is C16H17N3O3. The molecule has 1 amide bonds. The summed E-state index contributed by atoms with van der Waals surface area (Å²) in [7, 11) is 0. The molecule has 0 unspecified atom stereocenters. The van der Waals surface area contributed by atoms with E-state index in [2.05, 4.69) is 15.5 Å². The maximum atomic E-state index is 11.9. The molecule has 1 aromatic carbocycles. The summed E-state index contributed by atoms with van der Waals surface area (Å²) in [6, 6.07) is 8.54. The van der Waals surface area contributed by atoms with Gasteiger partial charge in [-0.2, -0.15) is 5.10 Å². The van der Waals surface area contributed by atoms with Crippen LogP contribution in [0.25, 0.3) is 0 Å². The Bertz CT molecular complexity index is 714. The topological polar surface area (TPSA) is 81.2 Å². The summed E-state index contributed by atoms with van der Waals surface area (Å²) < 4.78 is 5.31. The van der Waals surface area contributed by atoms with Crippen molar-refractivity contribution in [1.29, 1.82) is 0 Å². The van der Waals surface area contributed by atoms with E-state index in [1.54, 1.807) is 30.3 Å². The Morgan fingerprint density at radius 2 is 1.91 bits per heavy atom. The zero-order chi connectivity index (χ0) is 16.1. The first-order valence-electron chi connectivity index (χ1n) is 6.81. The highest BCUT2D eigenvalue weighted by Gasteiger charge is 2.10. The molecular weight excluding hydrogens is 282 g/mol. The number of carbonyl (C=O) groups is 2. The second kappa shape index (κ2) is 6.80. The summed E-state index contributed by atoms with van der Waals surface area (Å²) in [5.41, 5.74) is 2.68. The number of Topliss-reactive ketones (excluding diaryl/α,β-unsaturated/α-hetero) is 1. The number of hydrogen-bond donors (Lipinski definition) is 1. The first-order chi connectivity index (χ1) is 10.5. The maximum absolute atomic E-state index is 11.9. The van der Waals surface area contributed by atoms with Gasteiger partial charge >= 0.3 is 0 Å². The van der Waals surface area contributed by atoms with E-state index in [9.17, 15) is 9.59 Å². The Hall–Kier alpha value is -2.76.